The first kappa shape index (κ1) is 13.1. The summed E-state index contributed by atoms with van der Waals surface area (Å²) in [7, 11) is -2.96. The van der Waals surface area contributed by atoms with Gasteiger partial charge in [0, 0.05) is 6.92 Å². The molecule has 4 nitrogen and oxygen atoms in total. The van der Waals surface area contributed by atoms with Crippen LogP contribution in [-0.4, -0.2) is 23.9 Å². The Balaban J connectivity index is 1.80. The fourth-order valence-electron chi connectivity index (χ4n) is 3.51. The van der Waals surface area contributed by atoms with Gasteiger partial charge in [-0.05, 0) is 42.5 Å². The van der Waals surface area contributed by atoms with Gasteiger partial charge in [0.2, 0.25) is 0 Å². The Hall–Kier alpha value is -1.62. The first-order chi connectivity index (χ1) is 10.0. The number of allylic oxidation sites excluding steroid dienone is 1. The van der Waals surface area contributed by atoms with Gasteiger partial charge in [0.1, 0.15) is 5.52 Å². The molecule has 5 heteroatoms. The Labute approximate surface area is 123 Å². The minimum absolute atomic E-state index is 0.205. The SMILES string of the molecule is Cc1nc2ccc(C3=CC4CCCC(C3)S4(=O)=O)cc2o1. The Morgan fingerprint density at radius 2 is 2.14 bits per heavy atom. The van der Waals surface area contributed by atoms with Gasteiger partial charge in [-0.1, -0.05) is 18.6 Å². The van der Waals surface area contributed by atoms with Crippen molar-refractivity contribution in [2.75, 3.05) is 0 Å². The van der Waals surface area contributed by atoms with Crippen LogP contribution in [0.3, 0.4) is 0 Å². The highest BCUT2D eigenvalue weighted by Crippen LogP contribution is 2.39. The van der Waals surface area contributed by atoms with E-state index in [-0.39, 0.29) is 10.5 Å². The molecule has 0 N–H and O–H groups in total. The second kappa shape index (κ2) is 4.44. The Morgan fingerprint density at radius 1 is 1.29 bits per heavy atom. The van der Waals surface area contributed by atoms with Crippen LogP contribution in [0, 0.1) is 6.92 Å². The van der Waals surface area contributed by atoms with Crippen LogP contribution >= 0.6 is 0 Å². The first-order valence-corrected chi connectivity index (χ1v) is 8.96. The molecule has 2 aliphatic rings. The lowest BCUT2D eigenvalue weighted by atomic mass is 9.93. The fraction of sp³-hybridized carbons (Fsp3) is 0.438. The minimum atomic E-state index is -2.96. The second-order valence-electron chi connectivity index (χ2n) is 5.99. The lowest BCUT2D eigenvalue weighted by Gasteiger charge is -2.33. The number of benzene rings is 1. The maximum absolute atomic E-state index is 12.3. The smallest absolute Gasteiger partial charge is 0.192 e. The van der Waals surface area contributed by atoms with Gasteiger partial charge in [0.25, 0.3) is 0 Å². The normalized spacial score (nSPS) is 27.6. The molecular weight excluding hydrogens is 286 g/mol. The predicted molar refractivity (Wildman–Crippen MR) is 81.7 cm³/mol. The Kier molecular flexibility index (Phi) is 2.76. The van der Waals surface area contributed by atoms with E-state index in [2.05, 4.69) is 4.98 Å². The predicted octanol–water partition coefficient (Wildman–Crippen LogP) is 3.26. The van der Waals surface area contributed by atoms with Crippen LogP contribution in [0.5, 0.6) is 0 Å². The van der Waals surface area contributed by atoms with E-state index in [1.54, 1.807) is 0 Å². The van der Waals surface area contributed by atoms with Crippen molar-refractivity contribution in [3.8, 4) is 0 Å². The number of fused-ring (bicyclic) bond motifs is 3. The molecule has 4 rings (SSSR count). The largest absolute Gasteiger partial charge is 0.441 e. The van der Waals surface area contributed by atoms with Crippen molar-refractivity contribution < 1.29 is 12.8 Å². The van der Waals surface area contributed by atoms with Crippen LogP contribution in [-0.2, 0) is 9.84 Å². The van der Waals surface area contributed by atoms with Gasteiger partial charge in [-0.2, -0.15) is 0 Å². The van der Waals surface area contributed by atoms with Crippen LogP contribution in [0.2, 0.25) is 0 Å². The van der Waals surface area contributed by atoms with E-state index in [1.807, 2.05) is 31.2 Å². The van der Waals surface area contributed by atoms with Gasteiger partial charge < -0.3 is 4.42 Å². The van der Waals surface area contributed by atoms with Crippen molar-refractivity contribution >= 4 is 26.5 Å². The number of aryl methyl sites for hydroxylation is 1. The van der Waals surface area contributed by atoms with Crippen molar-refractivity contribution in [2.24, 2.45) is 0 Å². The van der Waals surface area contributed by atoms with E-state index in [4.69, 9.17) is 4.42 Å². The lowest BCUT2D eigenvalue weighted by molar-refractivity contribution is 0.518. The number of rotatable bonds is 1. The molecule has 2 aromatic rings. The number of hydrogen-bond donors (Lipinski definition) is 0. The van der Waals surface area contributed by atoms with E-state index in [0.717, 1.165) is 41.5 Å². The molecule has 110 valence electrons. The van der Waals surface area contributed by atoms with Gasteiger partial charge in [0.05, 0.1) is 10.5 Å². The van der Waals surface area contributed by atoms with Crippen LogP contribution in [0.15, 0.2) is 28.7 Å². The zero-order valence-electron chi connectivity index (χ0n) is 11.9. The summed E-state index contributed by atoms with van der Waals surface area (Å²) in [5.74, 6) is 0.652. The van der Waals surface area contributed by atoms with Gasteiger partial charge in [-0.3, -0.25) is 0 Å². The molecule has 2 unspecified atom stereocenters. The summed E-state index contributed by atoms with van der Waals surface area (Å²) < 4.78 is 30.2. The van der Waals surface area contributed by atoms with E-state index in [1.165, 1.54) is 0 Å². The van der Waals surface area contributed by atoms with Crippen LogP contribution < -0.4 is 0 Å². The highest BCUT2D eigenvalue weighted by atomic mass is 32.2. The van der Waals surface area contributed by atoms with Crippen LogP contribution in [0.4, 0.5) is 0 Å². The molecule has 3 heterocycles. The summed E-state index contributed by atoms with van der Waals surface area (Å²) in [4.78, 5) is 4.30. The van der Waals surface area contributed by atoms with Crippen molar-refractivity contribution in [1.29, 1.82) is 0 Å². The monoisotopic (exact) mass is 303 g/mol. The highest BCUT2D eigenvalue weighted by Gasteiger charge is 2.40. The number of nitrogens with zero attached hydrogens (tertiary/aromatic N) is 1. The van der Waals surface area contributed by atoms with Gasteiger partial charge in [-0.15, -0.1) is 0 Å². The molecule has 1 saturated heterocycles. The molecular formula is C16H17NO3S. The topological polar surface area (TPSA) is 60.2 Å². The highest BCUT2D eigenvalue weighted by molar-refractivity contribution is 7.93. The molecule has 1 aromatic heterocycles. The maximum atomic E-state index is 12.3. The van der Waals surface area contributed by atoms with Gasteiger partial charge >= 0.3 is 0 Å². The molecule has 0 radical (unpaired) electrons. The summed E-state index contributed by atoms with van der Waals surface area (Å²) in [6.07, 6.45) is 5.14. The third-order valence-electron chi connectivity index (χ3n) is 4.60. The Bertz CT molecular complexity index is 848. The molecule has 0 amide bonds. The average Bonchev–Trinajstić information content (AvgIpc) is 2.76. The summed E-state index contributed by atoms with van der Waals surface area (Å²) in [6.45, 7) is 1.83. The lowest BCUT2D eigenvalue weighted by Crippen LogP contribution is -2.38. The van der Waals surface area contributed by atoms with E-state index < -0.39 is 9.84 Å². The van der Waals surface area contributed by atoms with Crippen LogP contribution in [0.1, 0.15) is 37.1 Å². The van der Waals surface area contributed by atoms with E-state index >= 15 is 0 Å². The third-order valence-corrected chi connectivity index (χ3v) is 7.15. The molecule has 0 saturated carbocycles. The maximum Gasteiger partial charge on any atom is 0.192 e. The molecule has 2 atom stereocenters. The molecule has 1 fully saturated rings. The van der Waals surface area contributed by atoms with Crippen molar-refractivity contribution in [3.63, 3.8) is 0 Å². The van der Waals surface area contributed by atoms with E-state index in [0.29, 0.717) is 12.3 Å². The Morgan fingerprint density at radius 3 is 2.95 bits per heavy atom. The number of hydrogen-bond acceptors (Lipinski definition) is 4. The standard InChI is InChI=1S/C16H17NO3S/c1-10-17-15-6-5-11(9-16(15)20-10)12-7-13-3-2-4-14(8-12)21(13,18)19/h5-7,9,13-14H,2-4,8H2,1H3. The molecule has 21 heavy (non-hydrogen) atoms. The minimum Gasteiger partial charge on any atom is -0.441 e. The summed E-state index contributed by atoms with van der Waals surface area (Å²) in [5.41, 5.74) is 3.81. The average molecular weight is 303 g/mol. The number of aromatic nitrogens is 1. The van der Waals surface area contributed by atoms with Crippen molar-refractivity contribution in [1.82, 2.24) is 4.98 Å². The second-order valence-corrected chi connectivity index (χ2v) is 8.44. The quantitative estimate of drug-likeness (QED) is 0.811. The summed E-state index contributed by atoms with van der Waals surface area (Å²) in [6, 6.07) is 5.94. The molecule has 0 spiro atoms. The molecule has 0 aliphatic carbocycles. The summed E-state index contributed by atoms with van der Waals surface area (Å²) >= 11 is 0. The summed E-state index contributed by atoms with van der Waals surface area (Å²) in [5, 5.41) is -0.504. The van der Waals surface area contributed by atoms with Crippen molar-refractivity contribution in [2.45, 2.75) is 43.1 Å². The fourth-order valence-corrected chi connectivity index (χ4v) is 5.76. The molecule has 2 aliphatic heterocycles. The van der Waals surface area contributed by atoms with E-state index in [9.17, 15) is 8.42 Å². The molecule has 1 aromatic carbocycles. The van der Waals surface area contributed by atoms with Crippen molar-refractivity contribution in [3.05, 3.63) is 35.7 Å². The number of oxazole rings is 1. The van der Waals surface area contributed by atoms with Gasteiger partial charge in [0.15, 0.2) is 21.3 Å². The number of sulfone groups is 1. The van der Waals surface area contributed by atoms with Gasteiger partial charge in [-0.25, -0.2) is 13.4 Å². The first-order valence-electron chi connectivity index (χ1n) is 7.35. The van der Waals surface area contributed by atoms with Crippen LogP contribution in [0.25, 0.3) is 16.7 Å². The zero-order chi connectivity index (χ0) is 14.6. The third kappa shape index (κ3) is 2.02. The molecule has 2 bridgehead atoms. The zero-order valence-corrected chi connectivity index (χ0v) is 12.7.